The number of nitrogens with one attached hydrogen (secondary N) is 2. The lowest BCUT2D eigenvalue weighted by Gasteiger charge is -2.10. The summed E-state index contributed by atoms with van der Waals surface area (Å²) in [7, 11) is -3.83. The Morgan fingerprint density at radius 1 is 1.14 bits per heavy atom. The first-order valence-corrected chi connectivity index (χ1v) is 7.85. The summed E-state index contributed by atoms with van der Waals surface area (Å²) in [6.07, 6.45) is 0. The van der Waals surface area contributed by atoms with Gasteiger partial charge in [-0.25, -0.2) is 9.53 Å². The van der Waals surface area contributed by atoms with Crippen LogP contribution in [0.4, 0.5) is 15.8 Å². The van der Waals surface area contributed by atoms with Crippen molar-refractivity contribution in [1.29, 1.82) is 0 Å². The summed E-state index contributed by atoms with van der Waals surface area (Å²) in [5, 5.41) is 7.93. The van der Waals surface area contributed by atoms with Crippen LogP contribution in [-0.4, -0.2) is 8.42 Å². The highest BCUT2D eigenvalue weighted by atomic mass is 35.5. The Morgan fingerprint density at radius 2 is 1.81 bits per heavy atom. The second-order valence-corrected chi connectivity index (χ2v) is 6.00. The molecule has 0 unspecified atom stereocenters. The van der Waals surface area contributed by atoms with Gasteiger partial charge in [-0.1, -0.05) is 29.8 Å². The molecule has 0 aliphatic rings. The van der Waals surface area contributed by atoms with Crippen molar-refractivity contribution in [3.8, 4) is 0 Å². The topological polar surface area (TPSA) is 84.2 Å². The molecule has 0 amide bonds. The molecule has 4 N–H and O–H groups in total. The van der Waals surface area contributed by atoms with Crippen molar-refractivity contribution < 1.29 is 12.8 Å². The van der Waals surface area contributed by atoms with Crippen LogP contribution in [0.3, 0.4) is 0 Å². The maximum absolute atomic E-state index is 13.7. The Labute approximate surface area is 127 Å². The van der Waals surface area contributed by atoms with Crippen molar-refractivity contribution in [3.63, 3.8) is 0 Å². The van der Waals surface area contributed by atoms with Crippen LogP contribution in [0.15, 0.2) is 42.5 Å². The fourth-order valence-corrected chi connectivity index (χ4v) is 2.39. The number of rotatable bonds is 5. The van der Waals surface area contributed by atoms with E-state index in [0.717, 1.165) is 0 Å². The van der Waals surface area contributed by atoms with Gasteiger partial charge in [0, 0.05) is 17.8 Å². The fraction of sp³-hybridized carbons (Fsp3) is 0.0769. The standard InChI is InChI=1S/C13H13ClFN3O2S/c14-12-6-1-3-9(13(12)15)8-17-10-4-2-5-11(7-10)18-21(16,19)20/h1-7,17-18H,8H2,(H2,16,19,20). The number of hydrogen-bond donors (Lipinski definition) is 3. The lowest BCUT2D eigenvalue weighted by molar-refractivity contribution is 0.603. The first-order chi connectivity index (χ1) is 9.85. The van der Waals surface area contributed by atoms with Crippen LogP contribution < -0.4 is 15.2 Å². The number of benzene rings is 2. The van der Waals surface area contributed by atoms with Crippen LogP contribution in [0.25, 0.3) is 0 Å². The molecule has 0 fully saturated rings. The van der Waals surface area contributed by atoms with Crippen molar-refractivity contribution in [2.75, 3.05) is 10.0 Å². The molecule has 8 heteroatoms. The zero-order valence-corrected chi connectivity index (χ0v) is 12.4. The summed E-state index contributed by atoms with van der Waals surface area (Å²) >= 11 is 5.70. The normalized spacial score (nSPS) is 11.2. The Morgan fingerprint density at radius 3 is 2.52 bits per heavy atom. The summed E-state index contributed by atoms with van der Waals surface area (Å²) in [4.78, 5) is 0. The van der Waals surface area contributed by atoms with Crippen molar-refractivity contribution in [2.45, 2.75) is 6.54 Å². The van der Waals surface area contributed by atoms with Crippen LogP contribution in [0, 0.1) is 5.82 Å². The van der Waals surface area contributed by atoms with E-state index in [9.17, 15) is 12.8 Å². The van der Waals surface area contributed by atoms with E-state index in [1.807, 2.05) is 0 Å². The van der Waals surface area contributed by atoms with Crippen molar-refractivity contribution >= 4 is 33.2 Å². The number of halogens is 2. The summed E-state index contributed by atoms with van der Waals surface area (Å²) in [6, 6.07) is 11.2. The fourth-order valence-electron chi connectivity index (χ4n) is 1.74. The number of anilines is 2. The lowest BCUT2D eigenvalue weighted by atomic mass is 10.2. The van der Waals surface area contributed by atoms with Gasteiger partial charge in [0.05, 0.1) is 10.7 Å². The molecule has 112 valence electrons. The maximum Gasteiger partial charge on any atom is 0.296 e. The van der Waals surface area contributed by atoms with Crippen LogP contribution >= 0.6 is 11.6 Å². The van der Waals surface area contributed by atoms with E-state index in [4.69, 9.17) is 16.7 Å². The van der Waals surface area contributed by atoms with Crippen LogP contribution in [0.1, 0.15) is 5.56 Å². The summed E-state index contributed by atoms with van der Waals surface area (Å²) in [5.41, 5.74) is 1.34. The SMILES string of the molecule is NS(=O)(=O)Nc1cccc(NCc2cccc(Cl)c2F)c1. The smallest absolute Gasteiger partial charge is 0.296 e. The van der Waals surface area contributed by atoms with Gasteiger partial charge in [-0.3, -0.25) is 4.72 Å². The molecule has 0 aliphatic carbocycles. The molecule has 0 radical (unpaired) electrons. The van der Waals surface area contributed by atoms with E-state index < -0.39 is 16.0 Å². The average Bonchev–Trinajstić information content (AvgIpc) is 2.39. The third kappa shape index (κ3) is 4.59. The van der Waals surface area contributed by atoms with Gasteiger partial charge in [-0.15, -0.1) is 0 Å². The van der Waals surface area contributed by atoms with Gasteiger partial charge < -0.3 is 5.32 Å². The first kappa shape index (κ1) is 15.6. The van der Waals surface area contributed by atoms with Gasteiger partial charge in [0.1, 0.15) is 5.82 Å². The zero-order chi connectivity index (χ0) is 15.5. The second kappa shape index (κ2) is 6.30. The van der Waals surface area contributed by atoms with Gasteiger partial charge in [0.15, 0.2) is 0 Å². The predicted molar refractivity (Wildman–Crippen MR) is 81.9 cm³/mol. The molecule has 2 aromatic rings. The minimum Gasteiger partial charge on any atom is -0.381 e. The third-order valence-electron chi connectivity index (χ3n) is 2.64. The molecule has 21 heavy (non-hydrogen) atoms. The molecule has 2 rings (SSSR count). The molecule has 5 nitrogen and oxygen atoms in total. The molecule has 0 atom stereocenters. The van der Waals surface area contributed by atoms with Crippen molar-refractivity contribution in [2.24, 2.45) is 5.14 Å². The molecular weight excluding hydrogens is 317 g/mol. The molecular formula is C13H13ClFN3O2S. The maximum atomic E-state index is 13.7. The van der Waals surface area contributed by atoms with E-state index >= 15 is 0 Å². The highest BCUT2D eigenvalue weighted by molar-refractivity contribution is 7.90. The van der Waals surface area contributed by atoms with Gasteiger partial charge in [0.25, 0.3) is 10.2 Å². The Hall–Kier alpha value is -1.83. The van der Waals surface area contributed by atoms with Crippen molar-refractivity contribution in [1.82, 2.24) is 0 Å². The van der Waals surface area contributed by atoms with E-state index in [1.54, 1.807) is 36.4 Å². The van der Waals surface area contributed by atoms with Crippen LogP contribution in [-0.2, 0) is 16.8 Å². The summed E-state index contributed by atoms with van der Waals surface area (Å²) in [5.74, 6) is -0.481. The van der Waals surface area contributed by atoms with Gasteiger partial charge in [-0.05, 0) is 24.3 Å². The molecule has 0 spiro atoms. The second-order valence-electron chi connectivity index (χ2n) is 4.29. The Balaban J connectivity index is 2.10. The number of nitrogens with two attached hydrogens (primary N) is 1. The zero-order valence-electron chi connectivity index (χ0n) is 10.8. The lowest BCUT2D eigenvalue weighted by Crippen LogP contribution is -2.21. The minimum atomic E-state index is -3.83. The Bertz CT molecular complexity index is 753. The molecule has 2 aromatic carbocycles. The highest BCUT2D eigenvalue weighted by Gasteiger charge is 2.06. The highest BCUT2D eigenvalue weighted by Crippen LogP contribution is 2.20. The summed E-state index contributed by atoms with van der Waals surface area (Å²) < 4.78 is 37.8. The first-order valence-electron chi connectivity index (χ1n) is 5.92. The molecule has 0 saturated heterocycles. The molecule has 0 heterocycles. The van der Waals surface area contributed by atoms with Gasteiger partial charge in [0.2, 0.25) is 0 Å². The van der Waals surface area contributed by atoms with E-state index in [1.165, 1.54) is 6.07 Å². The van der Waals surface area contributed by atoms with Gasteiger partial charge >= 0.3 is 0 Å². The molecule has 0 aliphatic heterocycles. The van der Waals surface area contributed by atoms with E-state index in [-0.39, 0.29) is 11.6 Å². The van der Waals surface area contributed by atoms with E-state index in [2.05, 4.69) is 10.0 Å². The van der Waals surface area contributed by atoms with E-state index in [0.29, 0.717) is 16.9 Å². The van der Waals surface area contributed by atoms with Gasteiger partial charge in [-0.2, -0.15) is 8.42 Å². The minimum absolute atomic E-state index is 0.0546. The molecule has 0 saturated carbocycles. The van der Waals surface area contributed by atoms with Crippen LogP contribution in [0.2, 0.25) is 5.02 Å². The molecule has 0 aromatic heterocycles. The average molecular weight is 330 g/mol. The monoisotopic (exact) mass is 329 g/mol. The number of hydrogen-bond acceptors (Lipinski definition) is 3. The summed E-state index contributed by atoms with van der Waals surface area (Å²) in [6.45, 7) is 0.214. The third-order valence-corrected chi connectivity index (χ3v) is 3.45. The largest absolute Gasteiger partial charge is 0.381 e. The van der Waals surface area contributed by atoms with Crippen molar-refractivity contribution in [3.05, 3.63) is 58.9 Å². The van der Waals surface area contributed by atoms with Crippen LogP contribution in [0.5, 0.6) is 0 Å². The quantitative estimate of drug-likeness (QED) is 0.788. The Kier molecular flexibility index (Phi) is 4.66. The predicted octanol–water partition coefficient (Wildman–Crippen LogP) is 2.71. The molecule has 0 bridgehead atoms.